The minimum absolute atomic E-state index is 0.0503. The minimum Gasteiger partial charge on any atom is -0.507 e. The molecule has 4 bridgehead atoms. The molecule has 1 saturated heterocycles. The number of hydrogen-bond acceptors (Lipinski definition) is 15. The van der Waals surface area contributed by atoms with Gasteiger partial charge >= 0.3 is 11.8 Å². The third-order valence-corrected chi connectivity index (χ3v) is 13.0. The average Bonchev–Trinajstić information content (AvgIpc) is 3.71. The first kappa shape index (κ1) is 46.0. The number of ketones is 1. The van der Waals surface area contributed by atoms with Gasteiger partial charge in [-0.15, -0.1) is 0 Å². The molecule has 0 saturated carbocycles. The number of allylic oxidation sites excluding steroid dienone is 2. The first-order valence-corrected chi connectivity index (χ1v) is 21.3. The number of phenolic OH excluding ortho intramolecular Hbond substituents is 2. The fourth-order valence-corrected chi connectivity index (χ4v) is 9.31. The van der Waals surface area contributed by atoms with Gasteiger partial charge in [-0.25, -0.2) is 4.99 Å². The van der Waals surface area contributed by atoms with Gasteiger partial charge < -0.3 is 54.7 Å². The fraction of sp³-hybridized carbons (Fsp3) is 0.609. The molecule has 2 aromatic carbocycles. The summed E-state index contributed by atoms with van der Waals surface area (Å²) in [5.74, 6) is -5.66. The molecular formula is C46H64N4O11. The van der Waals surface area contributed by atoms with Crippen LogP contribution in [0.1, 0.15) is 91.1 Å². The van der Waals surface area contributed by atoms with Crippen molar-refractivity contribution in [3.8, 4) is 17.2 Å². The number of fused-ring (bicyclic) bond motifs is 1. The van der Waals surface area contributed by atoms with Gasteiger partial charge in [0.05, 0.1) is 41.2 Å². The molecule has 6 N–H and O–H groups in total. The Balaban J connectivity index is 1.55. The highest BCUT2D eigenvalue weighted by Crippen LogP contribution is 2.51. The topological polar surface area (TPSA) is 212 Å². The Morgan fingerprint density at radius 3 is 2.28 bits per heavy atom. The number of aromatic hydroxyl groups is 2. The monoisotopic (exact) mass is 848 g/mol. The number of carbonyl (C=O) groups excluding carboxylic acids is 2. The van der Waals surface area contributed by atoms with Crippen molar-refractivity contribution in [2.24, 2.45) is 39.6 Å². The van der Waals surface area contributed by atoms with Crippen LogP contribution in [0.25, 0.3) is 10.8 Å². The van der Waals surface area contributed by atoms with E-state index in [9.17, 15) is 35.1 Å². The van der Waals surface area contributed by atoms with E-state index in [1.54, 1.807) is 65.8 Å². The number of nitrogens with one attached hydrogen (secondary N) is 1. The van der Waals surface area contributed by atoms with Crippen LogP contribution >= 0.6 is 0 Å². The van der Waals surface area contributed by atoms with Crippen molar-refractivity contribution in [1.82, 2.24) is 4.90 Å². The van der Waals surface area contributed by atoms with Crippen molar-refractivity contribution in [2.45, 2.75) is 124 Å². The second-order valence-corrected chi connectivity index (χ2v) is 18.1. The van der Waals surface area contributed by atoms with Crippen LogP contribution in [0, 0.1) is 36.5 Å². The zero-order valence-corrected chi connectivity index (χ0v) is 37.2. The standard InChI is InChI=1S/C46H64N4O11/c1-22(2)21-50-18-16-46(17-19-50)48-34-31-32-39(54)28(8)42-33(31)43(56)45(10,61-42)59-20-15-30(58-11)25(5)41(60-29(9)51)27(7)38(53)26(6)37(52)23(3)13-12-14-24(4)44(57)47-36(40(32)55)35(34)49-46/h12-15,20,22-23,25-27,30,37-38,41,44,48,52-55,57H,16-19,21H2,1-11H3/b13-12+,20-15+,24-14+,47-36?/t23-,25+,26+,27+,30-,37-,38+,41+,44?,45-/m0/s1. The second kappa shape index (κ2) is 17.7. The summed E-state index contributed by atoms with van der Waals surface area (Å²) in [6.07, 6.45) is 3.92. The maximum atomic E-state index is 14.7. The molecule has 6 rings (SSSR count). The normalized spacial score (nSPS) is 33.9. The van der Waals surface area contributed by atoms with Crippen molar-refractivity contribution < 1.29 is 54.1 Å². The summed E-state index contributed by atoms with van der Waals surface area (Å²) in [6, 6.07) is 0. The average molecular weight is 849 g/mol. The van der Waals surface area contributed by atoms with Gasteiger partial charge in [0.2, 0.25) is 0 Å². The number of piperidine rings is 1. The second-order valence-electron chi connectivity index (χ2n) is 18.1. The number of phenols is 2. The molecule has 15 heteroatoms. The highest BCUT2D eigenvalue weighted by atomic mass is 16.7. The van der Waals surface area contributed by atoms with E-state index in [1.165, 1.54) is 27.2 Å². The molecule has 4 aliphatic heterocycles. The van der Waals surface area contributed by atoms with Gasteiger partial charge in [-0.3, -0.25) is 14.6 Å². The molecule has 0 radical (unpaired) electrons. The lowest BCUT2D eigenvalue weighted by Gasteiger charge is -2.38. The van der Waals surface area contributed by atoms with Crippen LogP contribution in [0.5, 0.6) is 17.2 Å². The molecule has 4 aliphatic rings. The third kappa shape index (κ3) is 8.64. The Bertz CT molecular complexity index is 2250. The van der Waals surface area contributed by atoms with Crippen LogP contribution in [0.15, 0.2) is 46.1 Å². The maximum absolute atomic E-state index is 14.7. The number of likely N-dealkylation sites (tertiary alicyclic amines) is 1. The molecule has 0 aromatic heterocycles. The summed E-state index contributed by atoms with van der Waals surface area (Å²) in [6.45, 7) is 19.8. The van der Waals surface area contributed by atoms with Gasteiger partial charge in [-0.2, -0.15) is 0 Å². The van der Waals surface area contributed by atoms with Crippen molar-refractivity contribution >= 4 is 28.2 Å². The lowest BCUT2D eigenvalue weighted by atomic mass is 9.78. The molecule has 2 aromatic rings. The van der Waals surface area contributed by atoms with Crippen LogP contribution < -0.4 is 20.8 Å². The number of anilines is 1. The summed E-state index contributed by atoms with van der Waals surface area (Å²) in [5.41, 5.74) is 0.199. The van der Waals surface area contributed by atoms with Crippen molar-refractivity contribution in [2.75, 3.05) is 32.1 Å². The number of carbonyl (C=O) groups is 2. The lowest BCUT2D eigenvalue weighted by molar-refractivity contribution is -0.160. The molecular weight excluding hydrogens is 785 g/mol. The number of esters is 1. The molecule has 1 spiro atoms. The summed E-state index contributed by atoms with van der Waals surface area (Å²) < 4.78 is 24.0. The Hall–Kier alpha value is -4.54. The zero-order valence-electron chi connectivity index (χ0n) is 37.2. The van der Waals surface area contributed by atoms with Crippen molar-refractivity contribution in [3.05, 3.63) is 58.0 Å². The zero-order chi connectivity index (χ0) is 44.9. The van der Waals surface area contributed by atoms with E-state index < -0.39 is 83.3 Å². The molecule has 334 valence electrons. The molecule has 1 fully saturated rings. The van der Waals surface area contributed by atoms with Crippen LogP contribution in [0.3, 0.4) is 0 Å². The Kier molecular flexibility index (Phi) is 13.3. The number of benzene rings is 2. The summed E-state index contributed by atoms with van der Waals surface area (Å²) in [4.78, 5) is 39.3. The number of aliphatic hydroxyl groups excluding tert-OH is 3. The van der Waals surface area contributed by atoms with E-state index in [0.29, 0.717) is 30.0 Å². The number of ether oxygens (including phenoxy) is 4. The van der Waals surface area contributed by atoms with E-state index in [0.717, 1.165) is 19.6 Å². The van der Waals surface area contributed by atoms with Gasteiger partial charge in [0, 0.05) is 88.1 Å². The number of nitrogens with zero attached hydrogens (tertiary/aromatic N) is 3. The Morgan fingerprint density at radius 1 is 0.984 bits per heavy atom. The van der Waals surface area contributed by atoms with E-state index >= 15 is 0 Å². The smallest absolute Gasteiger partial charge is 0.312 e. The number of methoxy groups -OCH3 is 1. The van der Waals surface area contributed by atoms with Crippen molar-refractivity contribution in [1.29, 1.82) is 0 Å². The van der Waals surface area contributed by atoms with Gasteiger partial charge in [0.1, 0.15) is 34.0 Å². The summed E-state index contributed by atoms with van der Waals surface area (Å²) in [5, 5.41) is 62.4. The first-order valence-electron chi connectivity index (χ1n) is 21.3. The predicted octanol–water partition coefficient (Wildman–Crippen LogP) is 4.54. The van der Waals surface area contributed by atoms with Crippen LogP contribution in [0.4, 0.5) is 5.69 Å². The van der Waals surface area contributed by atoms with E-state index in [4.69, 9.17) is 23.9 Å². The van der Waals surface area contributed by atoms with Gasteiger partial charge in [0.25, 0.3) is 5.78 Å². The number of hydrogen-bond donors (Lipinski definition) is 6. The SMILES string of the molecule is CO[C@H]1/C=C/O[C@@]2(C)Oc3c(C)c(O)c4c(O)c(c5c(c4c3C2=O)NC2(CCN(CC(C)C)CC2)N=5)=NC(O)/C(C)=C/C=C/[C@H](C)[C@H](O)[C@@H](C)[C@@H](O)[C@@H](C)[C@H](OC(C)=O)[C@@H]1C. The van der Waals surface area contributed by atoms with Gasteiger partial charge in [0.15, 0.2) is 12.0 Å². The molecule has 15 nitrogen and oxygen atoms in total. The van der Waals surface area contributed by atoms with Crippen LogP contribution in [0.2, 0.25) is 0 Å². The quantitative estimate of drug-likeness (QED) is 0.185. The minimum atomic E-state index is -1.94. The molecule has 61 heavy (non-hydrogen) atoms. The highest BCUT2D eigenvalue weighted by Gasteiger charge is 2.51. The Morgan fingerprint density at radius 2 is 1.66 bits per heavy atom. The number of Topliss-reactive ketones (excluding diaryl/α,β-unsaturated/α-hetero) is 1. The van der Waals surface area contributed by atoms with E-state index in [2.05, 4.69) is 29.1 Å². The van der Waals surface area contributed by atoms with Gasteiger partial charge in [-0.05, 0) is 31.4 Å². The van der Waals surface area contributed by atoms with E-state index in [1.807, 2.05) is 0 Å². The first-order chi connectivity index (χ1) is 28.6. The molecule has 10 atom stereocenters. The van der Waals surface area contributed by atoms with Crippen LogP contribution in [-0.2, 0) is 19.0 Å². The molecule has 1 unspecified atom stereocenters. The number of aliphatic hydroxyl groups is 3. The highest BCUT2D eigenvalue weighted by molar-refractivity contribution is 6.21. The van der Waals surface area contributed by atoms with Crippen LogP contribution in [-0.4, -0.2) is 111 Å². The molecule has 0 amide bonds. The molecule has 4 heterocycles. The van der Waals surface area contributed by atoms with Crippen molar-refractivity contribution in [3.63, 3.8) is 0 Å². The summed E-state index contributed by atoms with van der Waals surface area (Å²) in [7, 11) is 1.47. The predicted molar refractivity (Wildman–Crippen MR) is 229 cm³/mol. The molecule has 0 aliphatic carbocycles. The Labute approximate surface area is 357 Å². The number of rotatable bonds is 4. The lowest BCUT2D eigenvalue weighted by Crippen LogP contribution is -2.47. The fourth-order valence-electron chi connectivity index (χ4n) is 9.31. The summed E-state index contributed by atoms with van der Waals surface area (Å²) >= 11 is 0. The largest absolute Gasteiger partial charge is 0.507 e. The third-order valence-electron chi connectivity index (χ3n) is 13.0. The van der Waals surface area contributed by atoms with E-state index in [-0.39, 0.29) is 44.1 Å². The van der Waals surface area contributed by atoms with Gasteiger partial charge in [-0.1, -0.05) is 59.8 Å². The maximum Gasteiger partial charge on any atom is 0.312 e.